The topological polar surface area (TPSA) is 90.2 Å². The Morgan fingerprint density at radius 2 is 1.57 bits per heavy atom. The molecule has 108 valence electrons. The average Bonchev–Trinajstić information content (AvgIpc) is 2.43. The SMILES string of the molecule is OC1=C(c2ccc(O)cc2)Oc2cc(O)cc(O)c2C1Cl. The molecule has 1 aliphatic rings. The maximum Gasteiger partial charge on any atom is 0.173 e. The second-order valence-corrected chi connectivity index (χ2v) is 5.04. The minimum atomic E-state index is -1.00. The highest BCUT2D eigenvalue weighted by Gasteiger charge is 2.32. The van der Waals surface area contributed by atoms with Gasteiger partial charge in [-0.15, -0.1) is 11.6 Å². The second kappa shape index (κ2) is 4.79. The summed E-state index contributed by atoms with van der Waals surface area (Å²) in [5.74, 6) is -0.354. The first-order chi connectivity index (χ1) is 9.97. The molecular formula is C15H11ClO5. The van der Waals surface area contributed by atoms with E-state index in [-0.39, 0.29) is 40.1 Å². The Hall–Kier alpha value is -2.53. The van der Waals surface area contributed by atoms with E-state index in [1.165, 1.54) is 18.2 Å². The molecule has 0 radical (unpaired) electrons. The molecule has 21 heavy (non-hydrogen) atoms. The molecule has 1 unspecified atom stereocenters. The Labute approximate surface area is 124 Å². The fraction of sp³-hybridized carbons (Fsp3) is 0.0667. The zero-order valence-electron chi connectivity index (χ0n) is 10.6. The lowest BCUT2D eigenvalue weighted by atomic mass is 10.0. The van der Waals surface area contributed by atoms with Crippen LogP contribution in [0, 0.1) is 0 Å². The Kier molecular flexibility index (Phi) is 3.07. The van der Waals surface area contributed by atoms with Gasteiger partial charge in [-0.1, -0.05) is 0 Å². The number of hydrogen-bond acceptors (Lipinski definition) is 5. The van der Waals surface area contributed by atoms with Gasteiger partial charge >= 0.3 is 0 Å². The van der Waals surface area contributed by atoms with Crippen LogP contribution >= 0.6 is 11.6 Å². The monoisotopic (exact) mass is 306 g/mol. The number of alkyl halides is 1. The number of aromatic hydroxyl groups is 3. The molecule has 5 nitrogen and oxygen atoms in total. The minimum Gasteiger partial charge on any atom is -0.508 e. The van der Waals surface area contributed by atoms with Crippen LogP contribution in [0.3, 0.4) is 0 Å². The van der Waals surface area contributed by atoms with Crippen molar-refractivity contribution in [3.05, 3.63) is 53.3 Å². The lowest BCUT2D eigenvalue weighted by molar-refractivity contribution is 0.345. The van der Waals surface area contributed by atoms with Crippen LogP contribution in [0.2, 0.25) is 0 Å². The van der Waals surface area contributed by atoms with E-state index < -0.39 is 5.38 Å². The molecule has 0 amide bonds. The predicted molar refractivity (Wildman–Crippen MR) is 76.6 cm³/mol. The van der Waals surface area contributed by atoms with E-state index in [0.717, 1.165) is 6.07 Å². The number of aliphatic hydroxyl groups excluding tert-OH is 1. The quantitative estimate of drug-likeness (QED) is 0.606. The third-order valence-corrected chi connectivity index (χ3v) is 3.60. The van der Waals surface area contributed by atoms with Gasteiger partial charge in [0.1, 0.15) is 28.4 Å². The molecule has 1 aliphatic heterocycles. The van der Waals surface area contributed by atoms with E-state index >= 15 is 0 Å². The Balaban J connectivity index is 2.12. The fourth-order valence-electron chi connectivity index (χ4n) is 2.17. The molecule has 3 rings (SSSR count). The van der Waals surface area contributed by atoms with Gasteiger partial charge in [-0.3, -0.25) is 0 Å². The van der Waals surface area contributed by atoms with Crippen LogP contribution in [0.15, 0.2) is 42.2 Å². The van der Waals surface area contributed by atoms with Gasteiger partial charge in [-0.05, 0) is 24.3 Å². The average molecular weight is 307 g/mol. The first-order valence-corrected chi connectivity index (χ1v) is 6.51. The van der Waals surface area contributed by atoms with Crippen molar-refractivity contribution >= 4 is 17.4 Å². The summed E-state index contributed by atoms with van der Waals surface area (Å²) in [7, 11) is 0. The molecule has 0 spiro atoms. The van der Waals surface area contributed by atoms with Crippen LogP contribution in [-0.4, -0.2) is 20.4 Å². The Morgan fingerprint density at radius 3 is 2.24 bits per heavy atom. The summed E-state index contributed by atoms with van der Waals surface area (Å²) in [4.78, 5) is 0. The van der Waals surface area contributed by atoms with Gasteiger partial charge in [0.25, 0.3) is 0 Å². The zero-order chi connectivity index (χ0) is 15.1. The first-order valence-electron chi connectivity index (χ1n) is 6.07. The van der Waals surface area contributed by atoms with E-state index in [0.29, 0.717) is 5.56 Å². The molecule has 2 aromatic rings. The Morgan fingerprint density at radius 1 is 0.905 bits per heavy atom. The smallest absolute Gasteiger partial charge is 0.173 e. The normalized spacial score (nSPS) is 17.3. The summed E-state index contributed by atoms with van der Waals surface area (Å²) in [5, 5.41) is 37.8. The van der Waals surface area contributed by atoms with Gasteiger partial charge in [0.2, 0.25) is 0 Å². The standard InChI is InChI=1S/C15H11ClO5/c16-13-12-10(19)5-9(18)6-11(12)21-15(14(13)20)7-1-3-8(17)4-2-7/h1-6,13,17-20H. The van der Waals surface area contributed by atoms with Crippen molar-refractivity contribution in [1.29, 1.82) is 0 Å². The minimum absolute atomic E-state index is 0.0766. The van der Waals surface area contributed by atoms with Gasteiger partial charge < -0.3 is 25.2 Å². The van der Waals surface area contributed by atoms with Crippen LogP contribution in [0.4, 0.5) is 0 Å². The number of hydrogen-bond donors (Lipinski definition) is 4. The molecule has 1 atom stereocenters. The summed E-state index contributed by atoms with van der Waals surface area (Å²) >= 11 is 6.15. The lowest BCUT2D eigenvalue weighted by Crippen LogP contribution is -2.12. The van der Waals surface area contributed by atoms with Gasteiger partial charge in [0.05, 0.1) is 5.56 Å². The van der Waals surface area contributed by atoms with Crippen LogP contribution < -0.4 is 4.74 Å². The maximum atomic E-state index is 10.2. The lowest BCUT2D eigenvalue weighted by Gasteiger charge is -2.25. The second-order valence-electron chi connectivity index (χ2n) is 4.60. The van der Waals surface area contributed by atoms with E-state index in [9.17, 15) is 20.4 Å². The summed E-state index contributed by atoms with van der Waals surface area (Å²) in [6.45, 7) is 0. The molecule has 0 saturated carbocycles. The van der Waals surface area contributed by atoms with Crippen molar-refractivity contribution in [2.45, 2.75) is 5.38 Å². The molecule has 0 fully saturated rings. The van der Waals surface area contributed by atoms with Crippen molar-refractivity contribution in [3.8, 4) is 23.0 Å². The number of rotatable bonds is 1. The van der Waals surface area contributed by atoms with Crippen LogP contribution in [0.25, 0.3) is 5.76 Å². The number of ether oxygens (including phenoxy) is 1. The summed E-state index contributed by atoms with van der Waals surface area (Å²) in [6.07, 6.45) is 0. The highest BCUT2D eigenvalue weighted by atomic mass is 35.5. The van der Waals surface area contributed by atoms with Crippen molar-refractivity contribution in [1.82, 2.24) is 0 Å². The summed E-state index contributed by atoms with van der Waals surface area (Å²) in [5.41, 5.74) is 0.693. The van der Waals surface area contributed by atoms with Crippen molar-refractivity contribution in [2.75, 3.05) is 0 Å². The highest BCUT2D eigenvalue weighted by Crippen LogP contribution is 2.48. The van der Waals surface area contributed by atoms with Crippen LogP contribution in [0.1, 0.15) is 16.5 Å². The van der Waals surface area contributed by atoms with Crippen molar-refractivity contribution in [2.24, 2.45) is 0 Å². The molecule has 6 heteroatoms. The number of allylic oxidation sites excluding steroid dienone is 1. The van der Waals surface area contributed by atoms with E-state index in [1.54, 1.807) is 12.1 Å². The number of phenolic OH excluding ortho intramolecular Hbond substituents is 3. The molecule has 0 aromatic heterocycles. The van der Waals surface area contributed by atoms with Crippen LogP contribution in [-0.2, 0) is 0 Å². The van der Waals surface area contributed by atoms with E-state index in [2.05, 4.69) is 0 Å². The number of aliphatic hydroxyl groups is 1. The van der Waals surface area contributed by atoms with Gasteiger partial charge in [0, 0.05) is 17.7 Å². The molecule has 1 heterocycles. The van der Waals surface area contributed by atoms with Crippen LogP contribution in [0.5, 0.6) is 23.0 Å². The number of fused-ring (bicyclic) bond motifs is 1. The van der Waals surface area contributed by atoms with E-state index in [1.807, 2.05) is 0 Å². The number of phenols is 3. The molecule has 0 bridgehead atoms. The third-order valence-electron chi connectivity index (χ3n) is 3.17. The van der Waals surface area contributed by atoms with Crippen molar-refractivity contribution in [3.63, 3.8) is 0 Å². The number of halogens is 1. The number of benzene rings is 2. The van der Waals surface area contributed by atoms with E-state index in [4.69, 9.17) is 16.3 Å². The molecule has 2 aromatic carbocycles. The maximum absolute atomic E-state index is 10.2. The van der Waals surface area contributed by atoms with Crippen molar-refractivity contribution < 1.29 is 25.2 Å². The largest absolute Gasteiger partial charge is 0.508 e. The fourth-order valence-corrected chi connectivity index (χ4v) is 2.49. The molecule has 0 saturated heterocycles. The summed E-state index contributed by atoms with van der Waals surface area (Å²) in [6, 6.07) is 8.42. The van der Waals surface area contributed by atoms with Gasteiger partial charge in [-0.25, -0.2) is 0 Å². The zero-order valence-corrected chi connectivity index (χ0v) is 11.4. The molecule has 4 N–H and O–H groups in total. The highest BCUT2D eigenvalue weighted by molar-refractivity contribution is 6.23. The Bertz CT molecular complexity index is 736. The van der Waals surface area contributed by atoms with Gasteiger partial charge in [0.15, 0.2) is 11.5 Å². The molecule has 0 aliphatic carbocycles. The third kappa shape index (κ3) is 2.21. The summed E-state index contributed by atoms with van der Waals surface area (Å²) < 4.78 is 5.55. The van der Waals surface area contributed by atoms with Gasteiger partial charge in [-0.2, -0.15) is 0 Å². The first kappa shape index (κ1) is 13.5. The predicted octanol–water partition coefficient (Wildman–Crippen LogP) is 3.40. The molecular weight excluding hydrogens is 296 g/mol.